The summed E-state index contributed by atoms with van der Waals surface area (Å²) in [6.45, 7) is 54.5. The SMILES string of the molecule is CC.CC.CC.CC.CC.CC.CC1=NC(C)=C(C)C1.CC1=NCC(=O)N1.CC1=NCCC1.CC1CCc2cccnc2N1.CN(C)C.Cc1c(C)n(C)c(=O)n(C)c1=O.Cc1nc(C)n(C)c1C.Cc1nc(C)n(C)c1C.c1cnc2c(c1)CCCN2. The van der Waals surface area contributed by atoms with Gasteiger partial charge in [0.25, 0.3) is 5.56 Å². The Morgan fingerprint density at radius 3 is 1.32 bits per heavy atom. The Bertz CT molecular complexity index is 2750. The zero-order chi connectivity index (χ0) is 69.4. The lowest BCUT2D eigenvalue weighted by Gasteiger charge is -2.22. The first-order chi connectivity index (χ1) is 41.7. The fourth-order valence-electron chi connectivity index (χ4n) is 7.70. The molecule has 1 atom stereocenters. The van der Waals surface area contributed by atoms with Crippen LogP contribution in [0.1, 0.15) is 214 Å². The van der Waals surface area contributed by atoms with Crippen LogP contribution in [0.25, 0.3) is 0 Å². The van der Waals surface area contributed by atoms with Gasteiger partial charge in [-0.25, -0.2) is 24.7 Å². The minimum atomic E-state index is -0.275. The van der Waals surface area contributed by atoms with E-state index >= 15 is 0 Å². The third kappa shape index (κ3) is 36.5. The fourth-order valence-corrected chi connectivity index (χ4v) is 7.70. The van der Waals surface area contributed by atoms with E-state index in [4.69, 9.17) is 0 Å². The first kappa shape index (κ1) is 89.9. The van der Waals surface area contributed by atoms with E-state index < -0.39 is 0 Å². The van der Waals surface area contributed by atoms with E-state index in [2.05, 4.69) is 121 Å². The first-order valence-corrected chi connectivity index (χ1v) is 32.3. The Hall–Kier alpha value is -6.82. The molecule has 0 spiro atoms. The van der Waals surface area contributed by atoms with Crippen molar-refractivity contribution in [1.29, 1.82) is 0 Å². The Labute approximate surface area is 536 Å². The highest BCUT2D eigenvalue weighted by molar-refractivity contribution is 6.02. The van der Waals surface area contributed by atoms with Crippen LogP contribution in [0.2, 0.25) is 0 Å². The quantitative estimate of drug-likeness (QED) is 0.134. The molecule has 0 fully saturated rings. The maximum absolute atomic E-state index is 11.3. The van der Waals surface area contributed by atoms with Crippen molar-refractivity contribution in [3.8, 4) is 0 Å². The molecule has 3 N–H and O–H groups in total. The monoisotopic (exact) mass is 1230 g/mol. The molecule has 18 nitrogen and oxygen atoms in total. The van der Waals surface area contributed by atoms with Gasteiger partial charge in [0.2, 0.25) is 5.91 Å². The van der Waals surface area contributed by atoms with Crippen LogP contribution in [0.5, 0.6) is 0 Å². The number of aromatic nitrogens is 8. The fraction of sp³-hybridized carbons (Fsp3) is 0.629. The maximum Gasteiger partial charge on any atom is 0.330 e. The zero-order valence-corrected chi connectivity index (χ0v) is 62.2. The second-order valence-corrected chi connectivity index (χ2v) is 20.2. The molecule has 502 valence electrons. The summed E-state index contributed by atoms with van der Waals surface area (Å²) in [4.78, 5) is 64.0. The molecular formula is C70H129N15O3. The number of pyridine rings is 2. The van der Waals surface area contributed by atoms with Crippen molar-refractivity contribution >= 4 is 34.8 Å². The van der Waals surface area contributed by atoms with Crippen LogP contribution < -0.4 is 27.2 Å². The van der Waals surface area contributed by atoms with Crippen LogP contribution in [-0.4, -0.2) is 113 Å². The molecule has 1 unspecified atom stereocenters. The number of hydrogen-bond acceptors (Lipinski definition) is 13. The molecule has 0 radical (unpaired) electrons. The number of allylic oxidation sites excluding steroid dienone is 2. The number of carbonyl (C=O) groups is 1. The van der Waals surface area contributed by atoms with Gasteiger partial charge in [-0.15, -0.1) is 0 Å². The molecule has 10 heterocycles. The number of rotatable bonds is 0. The molecule has 5 aliphatic rings. The van der Waals surface area contributed by atoms with Gasteiger partial charge in [0, 0.05) is 106 Å². The van der Waals surface area contributed by atoms with Crippen molar-refractivity contribution in [2.75, 3.05) is 51.4 Å². The maximum atomic E-state index is 11.3. The molecule has 0 aromatic carbocycles. The lowest BCUT2D eigenvalue weighted by Crippen LogP contribution is -2.39. The van der Waals surface area contributed by atoms with E-state index in [9.17, 15) is 14.4 Å². The number of aliphatic imine (C=N–C) groups is 3. The third-order valence-corrected chi connectivity index (χ3v) is 13.2. The molecule has 0 bridgehead atoms. The van der Waals surface area contributed by atoms with Gasteiger partial charge in [0.1, 0.15) is 35.7 Å². The van der Waals surface area contributed by atoms with E-state index in [1.807, 2.05) is 175 Å². The van der Waals surface area contributed by atoms with Crippen LogP contribution in [0, 0.1) is 55.4 Å². The lowest BCUT2D eigenvalue weighted by molar-refractivity contribution is -0.117. The average molecular weight is 1230 g/mol. The summed E-state index contributed by atoms with van der Waals surface area (Å²) in [6.07, 6.45) is 12.1. The van der Waals surface area contributed by atoms with Crippen LogP contribution in [0.15, 0.2) is 72.5 Å². The molecule has 88 heavy (non-hydrogen) atoms. The number of nitrogens with zero attached hydrogens (tertiary/aromatic N) is 12. The summed E-state index contributed by atoms with van der Waals surface area (Å²) >= 11 is 0. The largest absolute Gasteiger partial charge is 0.370 e. The summed E-state index contributed by atoms with van der Waals surface area (Å²) in [5.41, 5.74) is 13.6. The van der Waals surface area contributed by atoms with Crippen molar-refractivity contribution in [2.24, 2.45) is 43.2 Å². The van der Waals surface area contributed by atoms with Gasteiger partial charge >= 0.3 is 5.69 Å². The summed E-state index contributed by atoms with van der Waals surface area (Å²) < 4.78 is 6.77. The van der Waals surface area contributed by atoms with Gasteiger partial charge in [0.05, 0.1) is 11.4 Å². The van der Waals surface area contributed by atoms with Crippen molar-refractivity contribution in [3.63, 3.8) is 0 Å². The Balaban J connectivity index is -0.000000290. The topological polar surface area (TPSA) is 199 Å². The number of anilines is 2. The lowest BCUT2D eigenvalue weighted by atomic mass is 10.0. The summed E-state index contributed by atoms with van der Waals surface area (Å²) in [7, 11) is 13.2. The number of amidine groups is 1. The highest BCUT2D eigenvalue weighted by atomic mass is 16.2. The van der Waals surface area contributed by atoms with Gasteiger partial charge in [-0.05, 0) is 185 Å². The zero-order valence-electron chi connectivity index (χ0n) is 62.2. The van der Waals surface area contributed by atoms with Gasteiger partial charge in [-0.3, -0.25) is 29.1 Å². The van der Waals surface area contributed by atoms with Crippen LogP contribution in [0.4, 0.5) is 11.6 Å². The Morgan fingerprint density at radius 1 is 0.557 bits per heavy atom. The van der Waals surface area contributed by atoms with Gasteiger partial charge in [0.15, 0.2) is 0 Å². The molecule has 5 aromatic rings. The number of fused-ring (bicyclic) bond motifs is 2. The third-order valence-electron chi connectivity index (χ3n) is 13.2. The number of amides is 1. The predicted molar refractivity (Wildman–Crippen MR) is 385 cm³/mol. The summed E-state index contributed by atoms with van der Waals surface area (Å²) in [5, 5.41) is 9.13. The van der Waals surface area contributed by atoms with Crippen molar-refractivity contribution < 1.29 is 4.79 Å². The molecule has 1 amide bonds. The van der Waals surface area contributed by atoms with Crippen LogP contribution in [0.3, 0.4) is 0 Å². The van der Waals surface area contributed by atoms with Crippen molar-refractivity contribution in [3.05, 3.63) is 126 Å². The van der Waals surface area contributed by atoms with Gasteiger partial charge in [-0.1, -0.05) is 95.2 Å². The van der Waals surface area contributed by atoms with E-state index in [1.54, 1.807) is 27.8 Å². The van der Waals surface area contributed by atoms with Crippen molar-refractivity contribution in [2.45, 2.75) is 231 Å². The number of imidazole rings is 2. The minimum absolute atomic E-state index is 0.00231. The molecule has 0 saturated heterocycles. The van der Waals surface area contributed by atoms with Crippen LogP contribution >= 0.6 is 0 Å². The highest BCUT2D eigenvalue weighted by Gasteiger charge is 2.14. The summed E-state index contributed by atoms with van der Waals surface area (Å²) in [6, 6.07) is 8.84. The normalized spacial score (nSPS) is 13.6. The standard InChI is InChI=1S/C9H12N2.C8H12N2O2.C8H10N2.2C7H12N2.C7H11N.C5H9N.C4H6N2O.C3H9N.6C2H6/c1-7-4-5-8-3-2-6-10-9(8)11-7;1-5-6(2)9(3)8(12)10(4)7(5)11;1-3-7-4-2-6-10-8(7)9-5-1;2*1-5-6(2)9(4)7(3)8-5;1-5-4-6(2)8-7(5)3;1-5-3-2-4-6-5;1-3-5-2-4(7)6-3;1-4(2)3;6*1-2/h2-3,6-7H,4-5H2,1H3,(H,10,11);1-4H3;1,3,5H,2,4,6H2,(H,9,10);2*1-4H3;4H2,1-3H3;2-4H2,1H3;2H2,1H3,(H,5,6,7);1-3H3;6*1-2H3. The van der Waals surface area contributed by atoms with E-state index in [0.29, 0.717) is 18.2 Å². The van der Waals surface area contributed by atoms with Crippen LogP contribution in [-0.2, 0) is 45.8 Å². The van der Waals surface area contributed by atoms with E-state index in [0.717, 1.165) is 76.7 Å². The van der Waals surface area contributed by atoms with Gasteiger partial charge in [-0.2, -0.15) is 0 Å². The second-order valence-electron chi connectivity index (χ2n) is 20.2. The Kier molecular flexibility index (Phi) is 54.4. The smallest absolute Gasteiger partial charge is 0.330 e. The molecule has 5 aliphatic heterocycles. The molecule has 18 heteroatoms. The van der Waals surface area contributed by atoms with Gasteiger partial charge < -0.3 is 34.6 Å². The second kappa shape index (κ2) is 53.2. The molecular weight excluding hydrogens is 1100 g/mol. The first-order valence-electron chi connectivity index (χ1n) is 32.3. The highest BCUT2D eigenvalue weighted by Crippen LogP contribution is 2.21. The number of hydrogen-bond donors (Lipinski definition) is 3. The van der Waals surface area contributed by atoms with E-state index in [-0.39, 0.29) is 17.2 Å². The predicted octanol–water partition coefficient (Wildman–Crippen LogP) is 14.9. The molecule has 10 rings (SSSR count). The molecule has 5 aromatic heterocycles. The minimum Gasteiger partial charge on any atom is -0.370 e. The van der Waals surface area contributed by atoms with E-state index in [1.165, 1.54) is 88.9 Å². The summed E-state index contributed by atoms with van der Waals surface area (Å²) in [5.74, 6) is 5.05. The number of aryl methyl sites for hydroxylation is 6. The Morgan fingerprint density at radius 2 is 1.02 bits per heavy atom. The number of carbonyl (C=O) groups excluding carboxylic acids is 1. The molecule has 0 aliphatic carbocycles. The average Bonchev–Trinajstić information content (AvgIpc) is 4.43. The number of nitrogens with one attached hydrogen (secondary N) is 3. The molecule has 0 saturated carbocycles. The van der Waals surface area contributed by atoms with Crippen molar-refractivity contribution in [1.82, 2.24) is 48.4 Å².